The standard InChI is InChI=1S/C21H21FN4O4/c22-18-3-1-2-4-19(18)25-14-15(13-20(25)27)21(28)24-11-9-23(10-12-24)16-5-7-17(8-6-16)26(29)30/h1-8,15H,9-14H2/t15-/m0/s1. The van der Waals surface area contributed by atoms with Gasteiger partial charge in [0.05, 0.1) is 16.5 Å². The molecule has 0 spiro atoms. The van der Waals surface area contributed by atoms with Gasteiger partial charge in [0.1, 0.15) is 5.82 Å². The highest BCUT2D eigenvalue weighted by atomic mass is 19.1. The van der Waals surface area contributed by atoms with Gasteiger partial charge in [-0.25, -0.2) is 4.39 Å². The maximum Gasteiger partial charge on any atom is 0.269 e. The second kappa shape index (κ2) is 8.10. The van der Waals surface area contributed by atoms with Crippen molar-refractivity contribution in [1.29, 1.82) is 0 Å². The Hall–Kier alpha value is -3.49. The fourth-order valence-corrected chi connectivity index (χ4v) is 4.00. The van der Waals surface area contributed by atoms with Gasteiger partial charge in [0.25, 0.3) is 5.69 Å². The number of hydrogen-bond acceptors (Lipinski definition) is 5. The van der Waals surface area contributed by atoms with Gasteiger partial charge < -0.3 is 14.7 Å². The second-order valence-corrected chi connectivity index (χ2v) is 7.44. The molecule has 2 aromatic carbocycles. The van der Waals surface area contributed by atoms with E-state index in [1.807, 2.05) is 0 Å². The lowest BCUT2D eigenvalue weighted by atomic mass is 10.1. The second-order valence-electron chi connectivity index (χ2n) is 7.44. The Kier molecular flexibility index (Phi) is 5.35. The number of anilines is 2. The largest absolute Gasteiger partial charge is 0.368 e. The molecule has 0 radical (unpaired) electrons. The van der Waals surface area contributed by atoms with Gasteiger partial charge in [0.2, 0.25) is 11.8 Å². The zero-order valence-electron chi connectivity index (χ0n) is 16.2. The third-order valence-electron chi connectivity index (χ3n) is 5.63. The molecule has 2 aliphatic rings. The van der Waals surface area contributed by atoms with Crippen LogP contribution < -0.4 is 9.80 Å². The van der Waals surface area contributed by atoms with E-state index in [0.29, 0.717) is 26.2 Å². The number of benzene rings is 2. The lowest BCUT2D eigenvalue weighted by molar-refractivity contribution is -0.384. The lowest BCUT2D eigenvalue weighted by Crippen LogP contribution is -2.50. The summed E-state index contributed by atoms with van der Waals surface area (Å²) < 4.78 is 14.0. The first-order valence-electron chi connectivity index (χ1n) is 9.77. The summed E-state index contributed by atoms with van der Waals surface area (Å²) in [5, 5.41) is 10.8. The third kappa shape index (κ3) is 3.83. The summed E-state index contributed by atoms with van der Waals surface area (Å²) in [5.41, 5.74) is 1.12. The van der Waals surface area contributed by atoms with Crippen LogP contribution >= 0.6 is 0 Å². The number of halogens is 1. The van der Waals surface area contributed by atoms with E-state index >= 15 is 0 Å². The number of rotatable bonds is 4. The summed E-state index contributed by atoms with van der Waals surface area (Å²) >= 11 is 0. The van der Waals surface area contributed by atoms with Crippen molar-refractivity contribution >= 4 is 28.9 Å². The van der Waals surface area contributed by atoms with Crippen molar-refractivity contribution in [3.8, 4) is 0 Å². The van der Waals surface area contributed by atoms with Gasteiger partial charge in [-0.3, -0.25) is 19.7 Å². The number of nitro benzene ring substituents is 1. The molecule has 2 heterocycles. The summed E-state index contributed by atoms with van der Waals surface area (Å²) in [5.74, 6) is -1.30. The molecule has 0 bridgehead atoms. The van der Waals surface area contributed by atoms with E-state index in [4.69, 9.17) is 0 Å². The van der Waals surface area contributed by atoms with Crippen LogP contribution in [0.2, 0.25) is 0 Å². The predicted molar refractivity (Wildman–Crippen MR) is 109 cm³/mol. The number of nitro groups is 1. The zero-order chi connectivity index (χ0) is 21.3. The Morgan fingerprint density at radius 3 is 2.33 bits per heavy atom. The van der Waals surface area contributed by atoms with Gasteiger partial charge in [-0.05, 0) is 24.3 Å². The van der Waals surface area contributed by atoms with Crippen molar-refractivity contribution in [1.82, 2.24) is 4.90 Å². The van der Waals surface area contributed by atoms with Crippen molar-refractivity contribution in [3.05, 3.63) is 64.5 Å². The van der Waals surface area contributed by atoms with Crippen molar-refractivity contribution < 1.29 is 18.9 Å². The minimum atomic E-state index is -0.483. The highest BCUT2D eigenvalue weighted by Crippen LogP contribution is 2.29. The molecule has 0 unspecified atom stereocenters. The average molecular weight is 412 g/mol. The SMILES string of the molecule is O=C([C@H]1CC(=O)N(c2ccccc2F)C1)N1CCN(c2ccc([N+](=O)[O-])cc2)CC1. The molecule has 8 nitrogen and oxygen atoms in total. The fourth-order valence-electron chi connectivity index (χ4n) is 4.00. The Morgan fingerprint density at radius 2 is 1.70 bits per heavy atom. The van der Waals surface area contributed by atoms with E-state index in [-0.39, 0.29) is 36.2 Å². The van der Waals surface area contributed by atoms with Crippen LogP contribution in [0.1, 0.15) is 6.42 Å². The van der Waals surface area contributed by atoms with Gasteiger partial charge in [0, 0.05) is 57.0 Å². The molecule has 9 heteroatoms. The molecule has 2 saturated heterocycles. The quantitative estimate of drug-likeness (QED) is 0.569. The van der Waals surface area contributed by atoms with Crippen molar-refractivity contribution in [3.63, 3.8) is 0 Å². The van der Waals surface area contributed by atoms with E-state index < -0.39 is 16.7 Å². The van der Waals surface area contributed by atoms with Gasteiger partial charge >= 0.3 is 0 Å². The van der Waals surface area contributed by atoms with Crippen molar-refractivity contribution in [2.45, 2.75) is 6.42 Å². The third-order valence-corrected chi connectivity index (χ3v) is 5.63. The lowest BCUT2D eigenvalue weighted by Gasteiger charge is -2.37. The van der Waals surface area contributed by atoms with Crippen LogP contribution in [-0.2, 0) is 9.59 Å². The van der Waals surface area contributed by atoms with Crippen LogP contribution in [0.5, 0.6) is 0 Å². The normalized spacial score (nSPS) is 19.3. The van der Waals surface area contributed by atoms with Crippen molar-refractivity contribution in [2.75, 3.05) is 42.5 Å². The molecule has 2 aromatic rings. The minimum absolute atomic E-state index is 0.0397. The number of carbonyl (C=O) groups is 2. The number of hydrogen-bond donors (Lipinski definition) is 0. The Bertz CT molecular complexity index is 973. The summed E-state index contributed by atoms with van der Waals surface area (Å²) in [4.78, 5) is 40.8. The molecule has 0 aliphatic carbocycles. The molecule has 0 saturated carbocycles. The molecule has 156 valence electrons. The number of piperazine rings is 1. The number of non-ortho nitro benzene ring substituents is 1. The highest BCUT2D eigenvalue weighted by molar-refractivity contribution is 6.00. The van der Waals surface area contributed by atoms with Crippen molar-refractivity contribution in [2.24, 2.45) is 5.92 Å². The van der Waals surface area contributed by atoms with E-state index in [1.54, 1.807) is 35.2 Å². The fraction of sp³-hybridized carbons (Fsp3) is 0.333. The van der Waals surface area contributed by atoms with Gasteiger partial charge in [-0.2, -0.15) is 0 Å². The minimum Gasteiger partial charge on any atom is -0.368 e. The Balaban J connectivity index is 1.36. The summed E-state index contributed by atoms with van der Waals surface area (Å²) in [6.45, 7) is 2.38. The van der Waals surface area contributed by atoms with Crippen LogP contribution in [0.3, 0.4) is 0 Å². The summed E-state index contributed by atoms with van der Waals surface area (Å²) in [6.07, 6.45) is 0.0791. The highest BCUT2D eigenvalue weighted by Gasteiger charge is 2.38. The van der Waals surface area contributed by atoms with E-state index in [2.05, 4.69) is 4.90 Å². The smallest absolute Gasteiger partial charge is 0.269 e. The molecular weight excluding hydrogens is 391 g/mol. The van der Waals surface area contributed by atoms with Crippen LogP contribution in [0.25, 0.3) is 0 Å². The van der Waals surface area contributed by atoms with Gasteiger partial charge in [-0.15, -0.1) is 0 Å². The number of carbonyl (C=O) groups excluding carboxylic acids is 2. The average Bonchev–Trinajstić information content (AvgIpc) is 3.15. The number of nitrogens with zero attached hydrogens (tertiary/aromatic N) is 4. The molecule has 2 aliphatic heterocycles. The Morgan fingerprint density at radius 1 is 1.03 bits per heavy atom. The van der Waals surface area contributed by atoms with E-state index in [9.17, 15) is 24.1 Å². The maximum atomic E-state index is 14.0. The zero-order valence-corrected chi connectivity index (χ0v) is 16.2. The molecule has 2 amide bonds. The molecule has 2 fully saturated rings. The Labute approximate surface area is 172 Å². The maximum absolute atomic E-state index is 14.0. The van der Waals surface area contributed by atoms with Crippen LogP contribution in [0.4, 0.5) is 21.5 Å². The number of para-hydroxylation sites is 1. The van der Waals surface area contributed by atoms with Crippen LogP contribution in [0.15, 0.2) is 48.5 Å². The molecule has 30 heavy (non-hydrogen) atoms. The van der Waals surface area contributed by atoms with Gasteiger partial charge in [-0.1, -0.05) is 12.1 Å². The van der Waals surface area contributed by atoms with Crippen LogP contribution in [0, 0.1) is 21.8 Å². The molecule has 1 atom stereocenters. The predicted octanol–water partition coefficient (Wildman–Crippen LogP) is 2.44. The van der Waals surface area contributed by atoms with E-state index in [0.717, 1.165) is 5.69 Å². The monoisotopic (exact) mass is 412 g/mol. The van der Waals surface area contributed by atoms with Crippen LogP contribution in [-0.4, -0.2) is 54.4 Å². The summed E-state index contributed by atoms with van der Waals surface area (Å²) in [7, 11) is 0. The molecule has 0 N–H and O–H groups in total. The molecule has 4 rings (SSSR count). The van der Waals surface area contributed by atoms with Gasteiger partial charge in [0.15, 0.2) is 0 Å². The topological polar surface area (TPSA) is 87.0 Å². The number of amides is 2. The summed E-state index contributed by atoms with van der Waals surface area (Å²) in [6, 6.07) is 12.4. The first kappa shape index (κ1) is 19.8. The molecule has 0 aromatic heterocycles. The van der Waals surface area contributed by atoms with E-state index in [1.165, 1.54) is 23.1 Å². The first-order valence-corrected chi connectivity index (χ1v) is 9.77. The molecular formula is C21H21FN4O4. The first-order chi connectivity index (χ1) is 14.4.